The summed E-state index contributed by atoms with van der Waals surface area (Å²) in [5.74, 6) is -0.240. The van der Waals surface area contributed by atoms with E-state index in [4.69, 9.17) is 11.6 Å². The number of hydrogen-bond acceptors (Lipinski definition) is 9. The Hall–Kier alpha value is -4.69. The van der Waals surface area contributed by atoms with Crippen molar-refractivity contribution < 1.29 is 19.5 Å². The first-order valence-electron chi connectivity index (χ1n) is 18.5. The summed E-state index contributed by atoms with van der Waals surface area (Å²) in [4.78, 5) is 66.5. The van der Waals surface area contributed by atoms with Crippen LogP contribution in [0.3, 0.4) is 0 Å². The molecule has 2 aromatic heterocycles. The van der Waals surface area contributed by atoms with Crippen molar-refractivity contribution in [1.29, 1.82) is 0 Å². The number of hydrogen-bond donors (Lipinski definition) is 3. The Labute approximate surface area is 321 Å². The van der Waals surface area contributed by atoms with Crippen LogP contribution >= 0.6 is 11.6 Å². The van der Waals surface area contributed by atoms with Crippen LogP contribution < -0.4 is 16.2 Å². The normalized spacial score (nSPS) is 16.1. The van der Waals surface area contributed by atoms with Gasteiger partial charge >= 0.3 is 0 Å². The van der Waals surface area contributed by atoms with Gasteiger partial charge in [0.05, 0.1) is 39.9 Å². The van der Waals surface area contributed by atoms with Crippen molar-refractivity contribution in [3.05, 3.63) is 88.6 Å². The number of rotatable bonds is 11. The zero-order chi connectivity index (χ0) is 38.8. The molecule has 0 unspecified atom stereocenters. The molecule has 0 aliphatic carbocycles. The molecule has 2 aliphatic heterocycles. The average Bonchev–Trinajstić information content (AvgIpc) is 3.16. The molecular formula is C40H51ClN8O5. The number of nitrogens with zero attached hydrogens (tertiary/aromatic N) is 6. The van der Waals surface area contributed by atoms with Gasteiger partial charge in [-0.05, 0) is 96.2 Å². The van der Waals surface area contributed by atoms with Gasteiger partial charge in [0.25, 0.3) is 11.5 Å². The zero-order valence-electron chi connectivity index (χ0n) is 31.4. The molecule has 3 N–H and O–H groups in total. The summed E-state index contributed by atoms with van der Waals surface area (Å²) in [6, 6.07) is 12.0. The van der Waals surface area contributed by atoms with Crippen LogP contribution in [0.25, 0.3) is 21.8 Å². The number of carbonyl (C=O) groups is 3. The third-order valence-corrected chi connectivity index (χ3v) is 10.3. The number of piperidine rings is 2. The number of aliphatic hydroxyl groups is 1. The summed E-state index contributed by atoms with van der Waals surface area (Å²) < 4.78 is 1.43. The Morgan fingerprint density at radius 1 is 1.02 bits per heavy atom. The maximum absolute atomic E-state index is 13.4. The second-order valence-electron chi connectivity index (χ2n) is 14.4. The van der Waals surface area contributed by atoms with Gasteiger partial charge in [0.15, 0.2) is 0 Å². The fourth-order valence-corrected chi connectivity index (χ4v) is 7.08. The Morgan fingerprint density at radius 2 is 1.70 bits per heavy atom. The first kappa shape index (κ1) is 40.5. The molecule has 2 aliphatic rings. The minimum absolute atomic E-state index is 0.0751. The SMILES string of the molecule is C=CC.CN(C)CCC(=O)Nc1ccc2c(=O)n(CC3(O)CCN(C(=O)C4CCN(CCNC(=O)c5ccc6c(Cl)ccnc6c5)CC4)CC3)cnc2c1. The summed E-state index contributed by atoms with van der Waals surface area (Å²) in [6.07, 6.45) is 7.37. The van der Waals surface area contributed by atoms with Crippen LogP contribution in [-0.4, -0.2) is 118 Å². The predicted octanol–water partition coefficient (Wildman–Crippen LogP) is 4.18. The highest BCUT2D eigenvalue weighted by Gasteiger charge is 2.37. The number of carbonyl (C=O) groups excluding carboxylic acids is 3. The van der Waals surface area contributed by atoms with E-state index < -0.39 is 5.60 Å². The molecule has 2 aromatic carbocycles. The van der Waals surface area contributed by atoms with Crippen molar-refractivity contribution >= 4 is 56.8 Å². The number of halogens is 1. The van der Waals surface area contributed by atoms with Crippen molar-refractivity contribution in [2.75, 3.05) is 65.2 Å². The number of likely N-dealkylation sites (tertiary alicyclic amines) is 2. The smallest absolute Gasteiger partial charge is 0.261 e. The lowest BCUT2D eigenvalue weighted by atomic mass is 9.89. The maximum atomic E-state index is 13.4. The molecular weight excluding hydrogens is 708 g/mol. The first-order valence-corrected chi connectivity index (χ1v) is 18.8. The van der Waals surface area contributed by atoms with Gasteiger partial charge < -0.3 is 30.4 Å². The number of pyridine rings is 1. The molecule has 0 spiro atoms. The van der Waals surface area contributed by atoms with Crippen molar-refractivity contribution in [1.82, 2.24) is 34.6 Å². The van der Waals surface area contributed by atoms with E-state index in [-0.39, 0.29) is 35.7 Å². The number of allylic oxidation sites excluding steroid dienone is 1. The van der Waals surface area contributed by atoms with Gasteiger partial charge in [-0.2, -0.15) is 0 Å². The van der Waals surface area contributed by atoms with Crippen molar-refractivity contribution in [2.45, 2.75) is 51.2 Å². The van der Waals surface area contributed by atoms with Crippen LogP contribution in [0.15, 0.2) is 72.4 Å². The molecule has 0 radical (unpaired) electrons. The van der Waals surface area contributed by atoms with E-state index in [1.54, 1.807) is 48.7 Å². The molecule has 2 fully saturated rings. The Morgan fingerprint density at radius 3 is 2.41 bits per heavy atom. The van der Waals surface area contributed by atoms with Crippen LogP contribution in [0, 0.1) is 5.92 Å². The second kappa shape index (κ2) is 18.6. The quantitative estimate of drug-likeness (QED) is 0.191. The number of fused-ring (bicyclic) bond motifs is 2. The summed E-state index contributed by atoms with van der Waals surface area (Å²) in [5, 5.41) is 19.1. The van der Waals surface area contributed by atoms with Crippen LogP contribution in [0.1, 0.15) is 49.4 Å². The molecule has 0 saturated carbocycles. The van der Waals surface area contributed by atoms with Gasteiger partial charge in [-0.25, -0.2) is 4.98 Å². The van der Waals surface area contributed by atoms with Gasteiger partial charge in [-0.15, -0.1) is 6.58 Å². The van der Waals surface area contributed by atoms with Crippen molar-refractivity contribution in [3.63, 3.8) is 0 Å². The summed E-state index contributed by atoms with van der Waals surface area (Å²) in [7, 11) is 3.81. The Kier molecular flexibility index (Phi) is 13.9. The van der Waals surface area contributed by atoms with Gasteiger partial charge in [0.1, 0.15) is 0 Å². The van der Waals surface area contributed by atoms with E-state index in [2.05, 4.69) is 32.1 Å². The standard InChI is InChI=1S/C37H45ClN8O5.C3H6/c1-43(2)15-10-33(47)42-27-4-6-29-32(22-27)41-24-46(36(29)50)23-37(51)11-18-45(19-12-37)35(49)25-8-16-44(17-9-25)20-14-40-34(48)26-3-5-28-30(38)7-13-39-31(28)21-26;1-3-2/h3-7,13,21-22,24-25,51H,8-12,14-20,23H2,1-2H3,(H,40,48)(H,42,47);3H,1H2,2H3. The lowest BCUT2D eigenvalue weighted by Crippen LogP contribution is -2.52. The molecule has 14 heteroatoms. The minimum atomic E-state index is -1.14. The number of anilines is 1. The zero-order valence-corrected chi connectivity index (χ0v) is 32.1. The highest BCUT2D eigenvalue weighted by molar-refractivity contribution is 6.35. The first-order chi connectivity index (χ1) is 25.9. The monoisotopic (exact) mass is 758 g/mol. The molecule has 3 amide bonds. The molecule has 54 heavy (non-hydrogen) atoms. The fourth-order valence-electron chi connectivity index (χ4n) is 6.86. The molecule has 0 bridgehead atoms. The summed E-state index contributed by atoms with van der Waals surface area (Å²) in [6.45, 7) is 9.53. The predicted molar refractivity (Wildman–Crippen MR) is 213 cm³/mol. The fraction of sp³-hybridized carbons (Fsp3) is 0.450. The van der Waals surface area contributed by atoms with E-state index in [1.807, 2.05) is 36.9 Å². The summed E-state index contributed by atoms with van der Waals surface area (Å²) >= 11 is 6.21. The molecule has 0 atom stereocenters. The number of nitrogens with one attached hydrogen (secondary N) is 2. The molecule has 4 aromatic rings. The lowest BCUT2D eigenvalue weighted by molar-refractivity contribution is -0.141. The summed E-state index contributed by atoms with van der Waals surface area (Å²) in [5.41, 5.74) is 0.843. The third kappa shape index (κ3) is 10.5. The highest BCUT2D eigenvalue weighted by atomic mass is 35.5. The van der Waals surface area contributed by atoms with E-state index in [1.165, 1.54) is 10.9 Å². The Bertz CT molecular complexity index is 2020. The van der Waals surface area contributed by atoms with E-state index in [0.717, 1.165) is 31.3 Å². The van der Waals surface area contributed by atoms with Crippen LogP contribution in [0.4, 0.5) is 5.69 Å². The Balaban J connectivity index is 0.00000181. The van der Waals surface area contributed by atoms with Gasteiger partial charge in [0, 0.05) is 67.9 Å². The van der Waals surface area contributed by atoms with Crippen molar-refractivity contribution in [2.24, 2.45) is 5.92 Å². The molecule has 288 valence electrons. The third-order valence-electron chi connectivity index (χ3n) is 9.97. The van der Waals surface area contributed by atoms with E-state index >= 15 is 0 Å². The van der Waals surface area contributed by atoms with Crippen LogP contribution in [-0.2, 0) is 16.1 Å². The van der Waals surface area contributed by atoms with Gasteiger partial charge in [-0.3, -0.25) is 28.7 Å². The highest BCUT2D eigenvalue weighted by Crippen LogP contribution is 2.28. The van der Waals surface area contributed by atoms with Gasteiger partial charge in [0.2, 0.25) is 11.8 Å². The molecule has 13 nitrogen and oxygen atoms in total. The van der Waals surface area contributed by atoms with Crippen LogP contribution in [0.5, 0.6) is 0 Å². The molecule has 2 saturated heterocycles. The topological polar surface area (TPSA) is 153 Å². The number of benzene rings is 2. The van der Waals surface area contributed by atoms with Crippen LogP contribution in [0.2, 0.25) is 5.02 Å². The maximum Gasteiger partial charge on any atom is 0.261 e. The van der Waals surface area contributed by atoms with Gasteiger partial charge in [-0.1, -0.05) is 23.7 Å². The van der Waals surface area contributed by atoms with Crippen molar-refractivity contribution in [3.8, 4) is 0 Å². The second-order valence-corrected chi connectivity index (χ2v) is 14.8. The molecule has 4 heterocycles. The minimum Gasteiger partial charge on any atom is -0.388 e. The van der Waals surface area contributed by atoms with E-state index in [9.17, 15) is 24.3 Å². The average molecular weight is 759 g/mol. The largest absolute Gasteiger partial charge is 0.388 e. The number of amides is 3. The lowest BCUT2D eigenvalue weighted by Gasteiger charge is -2.40. The number of aromatic nitrogens is 3. The molecule has 6 rings (SSSR count). The van der Waals surface area contributed by atoms with E-state index in [0.29, 0.717) is 84.7 Å².